The number of likely N-dealkylation sites (tertiary alicyclic amines) is 1. The summed E-state index contributed by atoms with van der Waals surface area (Å²) in [5.74, 6) is 2.47. The lowest BCUT2D eigenvalue weighted by molar-refractivity contribution is 0.156. The van der Waals surface area contributed by atoms with E-state index in [4.69, 9.17) is 14.5 Å². The minimum absolute atomic E-state index is 0. The number of hydrogen-bond donors (Lipinski definition) is 1. The molecule has 1 N–H and O–H groups in total. The molecule has 5 nitrogen and oxygen atoms in total. The first-order valence-electron chi connectivity index (χ1n) is 9.96. The van der Waals surface area contributed by atoms with Crippen molar-refractivity contribution < 1.29 is 9.47 Å². The average Bonchev–Trinajstić information content (AvgIpc) is 3.28. The molecule has 2 aliphatic rings. The molecule has 27 heavy (non-hydrogen) atoms. The molecule has 0 saturated carbocycles. The molecule has 2 fully saturated rings. The molecule has 152 valence electrons. The van der Waals surface area contributed by atoms with Crippen molar-refractivity contribution >= 4 is 29.9 Å². The molecule has 2 heterocycles. The van der Waals surface area contributed by atoms with Gasteiger partial charge < -0.3 is 19.7 Å². The molecule has 0 radical (unpaired) electrons. The number of nitrogens with zero attached hydrogens (tertiary/aromatic N) is 2. The first-order chi connectivity index (χ1) is 12.6. The summed E-state index contributed by atoms with van der Waals surface area (Å²) in [6, 6.07) is 8.38. The first kappa shape index (κ1) is 22.3. The van der Waals surface area contributed by atoms with Crippen molar-refractivity contribution in [3.8, 4) is 5.75 Å². The van der Waals surface area contributed by atoms with Gasteiger partial charge in [-0.15, -0.1) is 24.0 Å². The highest BCUT2D eigenvalue weighted by atomic mass is 127. The lowest BCUT2D eigenvalue weighted by atomic mass is 9.87. The molecule has 1 unspecified atom stereocenters. The van der Waals surface area contributed by atoms with E-state index in [1.807, 2.05) is 0 Å². The van der Waals surface area contributed by atoms with Gasteiger partial charge in [-0.05, 0) is 43.4 Å². The number of hydrogen-bond acceptors (Lipinski definition) is 3. The molecule has 1 aromatic rings. The number of benzene rings is 1. The number of rotatable bonds is 6. The van der Waals surface area contributed by atoms with Crippen LogP contribution in [0.4, 0.5) is 0 Å². The zero-order chi connectivity index (χ0) is 18.4. The molecule has 0 aromatic heterocycles. The SMILES string of the molecule is CCNC(=NCCOc1ccc(C(C)C)cc1)N1CCC2(CCOC2)C1.I. The Kier molecular flexibility index (Phi) is 8.66. The Balaban J connectivity index is 0.00000261. The Morgan fingerprint density at radius 2 is 2.07 bits per heavy atom. The third-order valence-corrected chi connectivity index (χ3v) is 5.43. The van der Waals surface area contributed by atoms with Gasteiger partial charge in [0, 0.05) is 31.7 Å². The normalized spacial score (nSPS) is 22.4. The van der Waals surface area contributed by atoms with Crippen molar-refractivity contribution in [1.29, 1.82) is 0 Å². The van der Waals surface area contributed by atoms with Crippen LogP contribution in [0.1, 0.15) is 45.1 Å². The van der Waals surface area contributed by atoms with Gasteiger partial charge in [0.1, 0.15) is 12.4 Å². The van der Waals surface area contributed by atoms with Crippen LogP contribution in [0.5, 0.6) is 5.75 Å². The molecule has 1 aromatic carbocycles. The Morgan fingerprint density at radius 1 is 1.30 bits per heavy atom. The molecule has 1 spiro atoms. The van der Waals surface area contributed by atoms with Gasteiger partial charge in [0.05, 0.1) is 13.2 Å². The lowest BCUT2D eigenvalue weighted by Gasteiger charge is -2.25. The minimum atomic E-state index is 0. The molecule has 3 rings (SSSR count). The van der Waals surface area contributed by atoms with E-state index in [0.29, 0.717) is 24.5 Å². The topological polar surface area (TPSA) is 46.1 Å². The molecular formula is C21H34IN3O2. The van der Waals surface area contributed by atoms with Gasteiger partial charge in [0.15, 0.2) is 5.96 Å². The van der Waals surface area contributed by atoms with Crippen LogP contribution in [-0.4, -0.2) is 56.9 Å². The number of halogens is 1. The van der Waals surface area contributed by atoms with E-state index in [1.165, 1.54) is 18.4 Å². The fraction of sp³-hybridized carbons (Fsp3) is 0.667. The van der Waals surface area contributed by atoms with Crippen molar-refractivity contribution in [2.24, 2.45) is 10.4 Å². The van der Waals surface area contributed by atoms with Crippen molar-refractivity contribution in [2.75, 3.05) is 46.0 Å². The van der Waals surface area contributed by atoms with E-state index in [0.717, 1.165) is 44.6 Å². The van der Waals surface area contributed by atoms with E-state index in [1.54, 1.807) is 0 Å². The van der Waals surface area contributed by atoms with Crippen LogP contribution in [0, 0.1) is 5.41 Å². The maximum absolute atomic E-state index is 5.85. The second-order valence-corrected chi connectivity index (χ2v) is 7.78. The monoisotopic (exact) mass is 487 g/mol. The van der Waals surface area contributed by atoms with Crippen molar-refractivity contribution in [3.05, 3.63) is 29.8 Å². The summed E-state index contributed by atoms with van der Waals surface area (Å²) in [5.41, 5.74) is 1.69. The van der Waals surface area contributed by atoms with Crippen LogP contribution in [-0.2, 0) is 4.74 Å². The summed E-state index contributed by atoms with van der Waals surface area (Å²) in [6.45, 7) is 12.6. The summed E-state index contributed by atoms with van der Waals surface area (Å²) in [5, 5.41) is 3.43. The van der Waals surface area contributed by atoms with Gasteiger partial charge in [-0.1, -0.05) is 26.0 Å². The number of guanidine groups is 1. The van der Waals surface area contributed by atoms with E-state index in [2.05, 4.69) is 55.3 Å². The quantitative estimate of drug-likeness (QED) is 0.286. The number of ether oxygens (including phenoxy) is 2. The van der Waals surface area contributed by atoms with E-state index in [-0.39, 0.29) is 24.0 Å². The summed E-state index contributed by atoms with van der Waals surface area (Å²) >= 11 is 0. The van der Waals surface area contributed by atoms with Crippen LogP contribution >= 0.6 is 24.0 Å². The zero-order valence-electron chi connectivity index (χ0n) is 16.9. The van der Waals surface area contributed by atoms with Crippen LogP contribution in [0.2, 0.25) is 0 Å². The average molecular weight is 487 g/mol. The highest BCUT2D eigenvalue weighted by molar-refractivity contribution is 14.0. The van der Waals surface area contributed by atoms with Crippen molar-refractivity contribution in [2.45, 2.75) is 39.5 Å². The fourth-order valence-corrected chi connectivity index (χ4v) is 3.78. The second-order valence-electron chi connectivity index (χ2n) is 7.78. The van der Waals surface area contributed by atoms with Gasteiger partial charge in [-0.2, -0.15) is 0 Å². The summed E-state index contributed by atoms with van der Waals surface area (Å²) < 4.78 is 11.5. The number of nitrogens with one attached hydrogen (secondary N) is 1. The van der Waals surface area contributed by atoms with Gasteiger partial charge in [0.25, 0.3) is 0 Å². The van der Waals surface area contributed by atoms with E-state index >= 15 is 0 Å². The standard InChI is InChI=1S/C21H33N3O2.HI/c1-4-22-20(24-12-9-21(15-24)10-13-25-16-21)23-11-14-26-19-7-5-18(6-8-19)17(2)3;/h5-8,17H,4,9-16H2,1-3H3,(H,22,23);1H. The third-order valence-electron chi connectivity index (χ3n) is 5.43. The summed E-state index contributed by atoms with van der Waals surface area (Å²) in [4.78, 5) is 7.16. The van der Waals surface area contributed by atoms with Gasteiger partial charge >= 0.3 is 0 Å². The molecule has 0 aliphatic carbocycles. The largest absolute Gasteiger partial charge is 0.492 e. The molecular weight excluding hydrogens is 453 g/mol. The Bertz CT molecular complexity index is 598. The lowest BCUT2D eigenvalue weighted by Crippen LogP contribution is -2.41. The minimum Gasteiger partial charge on any atom is -0.492 e. The number of aliphatic imine (C=N–C) groups is 1. The zero-order valence-corrected chi connectivity index (χ0v) is 19.2. The summed E-state index contributed by atoms with van der Waals surface area (Å²) in [7, 11) is 0. The van der Waals surface area contributed by atoms with E-state index < -0.39 is 0 Å². The smallest absolute Gasteiger partial charge is 0.194 e. The van der Waals surface area contributed by atoms with Crippen molar-refractivity contribution in [3.63, 3.8) is 0 Å². The van der Waals surface area contributed by atoms with Gasteiger partial charge in [0.2, 0.25) is 0 Å². The second kappa shape index (κ2) is 10.5. The maximum Gasteiger partial charge on any atom is 0.194 e. The van der Waals surface area contributed by atoms with Gasteiger partial charge in [-0.3, -0.25) is 0 Å². The molecule has 1 atom stereocenters. The predicted molar refractivity (Wildman–Crippen MR) is 121 cm³/mol. The Hall–Kier alpha value is -1.02. The molecule has 6 heteroatoms. The van der Waals surface area contributed by atoms with Crippen LogP contribution in [0.25, 0.3) is 0 Å². The molecule has 0 amide bonds. The summed E-state index contributed by atoms with van der Waals surface area (Å²) in [6.07, 6.45) is 2.38. The molecule has 0 bridgehead atoms. The highest BCUT2D eigenvalue weighted by Gasteiger charge is 2.42. The van der Waals surface area contributed by atoms with Crippen LogP contribution in [0.3, 0.4) is 0 Å². The van der Waals surface area contributed by atoms with Crippen LogP contribution < -0.4 is 10.1 Å². The Labute approximate surface area is 180 Å². The third kappa shape index (κ3) is 5.98. The van der Waals surface area contributed by atoms with Crippen molar-refractivity contribution in [1.82, 2.24) is 10.2 Å². The maximum atomic E-state index is 5.85. The Morgan fingerprint density at radius 3 is 2.70 bits per heavy atom. The van der Waals surface area contributed by atoms with Gasteiger partial charge in [-0.25, -0.2) is 4.99 Å². The fourth-order valence-electron chi connectivity index (χ4n) is 3.78. The van der Waals surface area contributed by atoms with E-state index in [9.17, 15) is 0 Å². The predicted octanol–water partition coefficient (Wildman–Crippen LogP) is 3.88. The van der Waals surface area contributed by atoms with Crippen LogP contribution in [0.15, 0.2) is 29.3 Å². The highest BCUT2D eigenvalue weighted by Crippen LogP contribution is 2.38. The first-order valence-corrected chi connectivity index (χ1v) is 9.96. The molecule has 2 saturated heterocycles. The molecule has 2 aliphatic heterocycles.